The van der Waals surface area contributed by atoms with Crippen LogP contribution in [0.4, 0.5) is 5.95 Å². The molecule has 2 heterocycles. The van der Waals surface area contributed by atoms with Gasteiger partial charge in [-0.3, -0.25) is 0 Å². The molecule has 0 amide bonds. The van der Waals surface area contributed by atoms with Gasteiger partial charge in [-0.05, 0) is 26.4 Å². The van der Waals surface area contributed by atoms with Crippen molar-refractivity contribution in [3.63, 3.8) is 0 Å². The summed E-state index contributed by atoms with van der Waals surface area (Å²) in [4.78, 5) is 8.95. The predicted octanol–water partition coefficient (Wildman–Crippen LogP) is 1.06. The second kappa shape index (κ2) is 6.39. The second-order valence-corrected chi connectivity index (χ2v) is 5.76. The smallest absolute Gasteiger partial charge is 0.204 e. The van der Waals surface area contributed by atoms with Crippen LogP contribution in [-0.2, 0) is 13.6 Å². The van der Waals surface area contributed by atoms with E-state index in [-0.39, 0.29) is 0 Å². The van der Waals surface area contributed by atoms with Gasteiger partial charge in [-0.15, -0.1) is 0 Å². The quantitative estimate of drug-likeness (QED) is 0.864. The first kappa shape index (κ1) is 14.3. The van der Waals surface area contributed by atoms with Crippen molar-refractivity contribution in [1.29, 1.82) is 0 Å². The monoisotopic (exact) mass is 265 g/mol. The maximum atomic E-state index is 4.43. The first-order valence-electron chi connectivity index (χ1n) is 7.18. The van der Waals surface area contributed by atoms with Crippen molar-refractivity contribution in [3.8, 4) is 0 Å². The number of imidazole rings is 1. The lowest BCUT2D eigenvalue weighted by molar-refractivity contribution is 0.181. The highest BCUT2D eigenvalue weighted by Gasteiger charge is 2.18. The van der Waals surface area contributed by atoms with E-state index in [1.165, 1.54) is 31.5 Å². The zero-order chi connectivity index (χ0) is 13.8. The molecule has 1 aliphatic rings. The molecule has 0 saturated carbocycles. The Morgan fingerprint density at radius 1 is 1.37 bits per heavy atom. The summed E-state index contributed by atoms with van der Waals surface area (Å²) in [5, 5.41) is 3.57. The Balaban J connectivity index is 1.82. The van der Waals surface area contributed by atoms with E-state index in [0.717, 1.165) is 19.0 Å². The molecular formula is C14H27N5. The summed E-state index contributed by atoms with van der Waals surface area (Å²) in [6.07, 6.45) is 6.00. The van der Waals surface area contributed by atoms with Crippen LogP contribution in [0, 0.1) is 0 Å². The summed E-state index contributed by atoms with van der Waals surface area (Å²) >= 11 is 0. The topological polar surface area (TPSA) is 36.3 Å². The first-order valence-corrected chi connectivity index (χ1v) is 7.18. The number of likely N-dealkylation sites (N-methyl/N-ethyl adjacent to an activating group) is 1. The average molecular weight is 265 g/mol. The van der Waals surface area contributed by atoms with Crippen LogP contribution in [0.15, 0.2) is 6.20 Å². The molecule has 1 unspecified atom stereocenters. The van der Waals surface area contributed by atoms with Crippen molar-refractivity contribution in [3.05, 3.63) is 11.9 Å². The Labute approximate surface area is 116 Å². The second-order valence-electron chi connectivity index (χ2n) is 5.76. The predicted molar refractivity (Wildman–Crippen MR) is 79.5 cm³/mol. The maximum Gasteiger partial charge on any atom is 0.204 e. The number of nitrogens with zero attached hydrogens (tertiary/aromatic N) is 4. The number of hydrogen-bond donors (Lipinski definition) is 1. The molecule has 5 heteroatoms. The maximum absolute atomic E-state index is 4.43. The number of hydrogen-bond acceptors (Lipinski definition) is 4. The van der Waals surface area contributed by atoms with Crippen LogP contribution in [0.1, 0.15) is 25.0 Å². The molecule has 2 rings (SSSR count). The Morgan fingerprint density at radius 2 is 2.16 bits per heavy atom. The summed E-state index contributed by atoms with van der Waals surface area (Å²) in [7, 11) is 8.36. The molecule has 1 aliphatic heterocycles. The number of piperidine rings is 1. The third kappa shape index (κ3) is 3.48. The SMILES string of the molecule is CN(C)c1ncc(CNCC2CCCCN2C)n1C. The van der Waals surface area contributed by atoms with Crippen molar-refractivity contribution < 1.29 is 0 Å². The van der Waals surface area contributed by atoms with Gasteiger partial charge in [0.25, 0.3) is 0 Å². The van der Waals surface area contributed by atoms with Crippen LogP contribution in [-0.4, -0.2) is 54.7 Å². The summed E-state index contributed by atoms with van der Waals surface area (Å²) in [6, 6.07) is 0.690. The molecule has 1 aromatic heterocycles. The highest BCUT2D eigenvalue weighted by molar-refractivity contribution is 5.30. The lowest BCUT2D eigenvalue weighted by Crippen LogP contribution is -2.43. The standard InChI is InChI=1S/C14H27N5/c1-17(2)14-16-11-13(19(14)4)10-15-9-12-7-5-6-8-18(12)3/h11-12,15H,5-10H2,1-4H3. The average Bonchev–Trinajstić information content (AvgIpc) is 2.74. The Kier molecular flexibility index (Phi) is 4.82. The highest BCUT2D eigenvalue weighted by Crippen LogP contribution is 2.14. The molecular weight excluding hydrogens is 238 g/mol. The van der Waals surface area contributed by atoms with E-state index < -0.39 is 0 Å². The van der Waals surface area contributed by atoms with Gasteiger partial charge in [0.05, 0.1) is 11.9 Å². The molecule has 5 nitrogen and oxygen atoms in total. The fourth-order valence-corrected chi connectivity index (χ4v) is 2.78. The van der Waals surface area contributed by atoms with Gasteiger partial charge in [-0.2, -0.15) is 0 Å². The third-order valence-electron chi connectivity index (χ3n) is 4.07. The number of aromatic nitrogens is 2. The fraction of sp³-hybridized carbons (Fsp3) is 0.786. The van der Waals surface area contributed by atoms with Crippen LogP contribution in [0.25, 0.3) is 0 Å². The van der Waals surface area contributed by atoms with Crippen LogP contribution in [0.2, 0.25) is 0 Å². The van der Waals surface area contributed by atoms with E-state index in [9.17, 15) is 0 Å². The van der Waals surface area contributed by atoms with Crippen molar-refractivity contribution >= 4 is 5.95 Å². The molecule has 108 valence electrons. The number of likely N-dealkylation sites (tertiary alicyclic amines) is 1. The largest absolute Gasteiger partial charge is 0.348 e. The Hall–Kier alpha value is -1.07. The van der Waals surface area contributed by atoms with Crippen molar-refractivity contribution in [1.82, 2.24) is 19.8 Å². The summed E-state index contributed by atoms with van der Waals surface area (Å²) in [5.41, 5.74) is 1.24. The van der Waals surface area contributed by atoms with Gasteiger partial charge in [0, 0.05) is 40.3 Å². The molecule has 0 aliphatic carbocycles. The molecule has 1 fully saturated rings. The van der Waals surface area contributed by atoms with Crippen molar-refractivity contribution in [2.24, 2.45) is 7.05 Å². The minimum absolute atomic E-state index is 0.690. The van der Waals surface area contributed by atoms with E-state index in [4.69, 9.17) is 0 Å². The minimum Gasteiger partial charge on any atom is -0.348 e. The van der Waals surface area contributed by atoms with Gasteiger partial charge in [0.2, 0.25) is 5.95 Å². The first-order chi connectivity index (χ1) is 9.09. The van der Waals surface area contributed by atoms with E-state index in [1.807, 2.05) is 25.2 Å². The summed E-state index contributed by atoms with van der Waals surface area (Å²) in [6.45, 7) is 3.20. The lowest BCUT2D eigenvalue weighted by Gasteiger charge is -2.32. The molecule has 0 bridgehead atoms. The number of rotatable bonds is 5. The minimum atomic E-state index is 0.690. The van der Waals surface area contributed by atoms with Gasteiger partial charge in [-0.1, -0.05) is 6.42 Å². The molecule has 0 aromatic carbocycles. The molecule has 0 spiro atoms. The van der Waals surface area contributed by atoms with Crippen LogP contribution < -0.4 is 10.2 Å². The molecule has 1 aromatic rings. The Morgan fingerprint density at radius 3 is 2.79 bits per heavy atom. The van der Waals surface area contributed by atoms with Crippen LogP contribution >= 0.6 is 0 Å². The normalized spacial score (nSPS) is 20.7. The summed E-state index contributed by atoms with van der Waals surface area (Å²) in [5.74, 6) is 1.01. The lowest BCUT2D eigenvalue weighted by atomic mass is 10.0. The van der Waals surface area contributed by atoms with E-state index in [1.54, 1.807) is 0 Å². The molecule has 19 heavy (non-hydrogen) atoms. The van der Waals surface area contributed by atoms with Crippen molar-refractivity contribution in [2.75, 3.05) is 39.1 Å². The molecule has 1 N–H and O–H groups in total. The van der Waals surface area contributed by atoms with Gasteiger partial charge in [-0.25, -0.2) is 4.98 Å². The molecule has 1 saturated heterocycles. The van der Waals surface area contributed by atoms with Crippen LogP contribution in [0.3, 0.4) is 0 Å². The zero-order valence-electron chi connectivity index (χ0n) is 12.7. The van der Waals surface area contributed by atoms with E-state index in [2.05, 4.69) is 33.9 Å². The third-order valence-corrected chi connectivity index (χ3v) is 4.07. The van der Waals surface area contributed by atoms with Gasteiger partial charge in [0.15, 0.2) is 0 Å². The number of anilines is 1. The van der Waals surface area contributed by atoms with Gasteiger partial charge < -0.3 is 19.7 Å². The van der Waals surface area contributed by atoms with Gasteiger partial charge in [0.1, 0.15) is 0 Å². The molecule has 0 radical (unpaired) electrons. The van der Waals surface area contributed by atoms with E-state index in [0.29, 0.717) is 6.04 Å². The van der Waals surface area contributed by atoms with E-state index >= 15 is 0 Å². The molecule has 1 atom stereocenters. The van der Waals surface area contributed by atoms with Gasteiger partial charge >= 0.3 is 0 Å². The Bertz CT molecular complexity index is 399. The fourth-order valence-electron chi connectivity index (χ4n) is 2.78. The number of nitrogens with one attached hydrogen (secondary N) is 1. The zero-order valence-corrected chi connectivity index (χ0v) is 12.7. The summed E-state index contributed by atoms with van der Waals surface area (Å²) < 4.78 is 2.15. The van der Waals surface area contributed by atoms with Crippen LogP contribution in [0.5, 0.6) is 0 Å². The highest BCUT2D eigenvalue weighted by atomic mass is 15.3. The van der Waals surface area contributed by atoms with Crippen molar-refractivity contribution in [2.45, 2.75) is 31.8 Å².